The van der Waals surface area contributed by atoms with Crippen molar-refractivity contribution in [3.05, 3.63) is 29.3 Å². The maximum Gasteiger partial charge on any atom is 0.251 e. The van der Waals surface area contributed by atoms with Crippen molar-refractivity contribution in [1.29, 1.82) is 0 Å². The van der Waals surface area contributed by atoms with E-state index in [4.69, 9.17) is 14.2 Å². The average molecular weight is 579 g/mol. The summed E-state index contributed by atoms with van der Waals surface area (Å²) in [5.74, 6) is -1.05. The van der Waals surface area contributed by atoms with Crippen LogP contribution in [0.3, 0.4) is 0 Å². The lowest BCUT2D eigenvalue weighted by molar-refractivity contribution is -0.131. The van der Waals surface area contributed by atoms with E-state index in [1.165, 1.54) is 0 Å². The van der Waals surface area contributed by atoms with Crippen LogP contribution in [0.1, 0.15) is 69.8 Å². The number of hydrogen-bond acceptors (Lipinski definition) is 7. The highest BCUT2D eigenvalue weighted by atomic mass is 16.5. The lowest BCUT2D eigenvalue weighted by atomic mass is 10.0. The number of rotatable bonds is 21. The van der Waals surface area contributed by atoms with Gasteiger partial charge in [0.2, 0.25) is 17.7 Å². The summed E-state index contributed by atoms with van der Waals surface area (Å²) >= 11 is 0. The minimum absolute atomic E-state index is 0.154. The molecule has 11 heteroatoms. The van der Waals surface area contributed by atoms with Gasteiger partial charge in [-0.25, -0.2) is 0 Å². The zero-order valence-corrected chi connectivity index (χ0v) is 25.6. The number of hydrogen-bond donors (Lipinski definition) is 4. The lowest BCUT2D eigenvalue weighted by Gasteiger charge is -2.21. The smallest absolute Gasteiger partial charge is 0.251 e. The van der Waals surface area contributed by atoms with Crippen LogP contribution in [0.5, 0.6) is 0 Å². The van der Waals surface area contributed by atoms with Gasteiger partial charge in [-0.15, -0.1) is 0 Å². The molecule has 1 atom stereocenters. The van der Waals surface area contributed by atoms with Gasteiger partial charge in [0.1, 0.15) is 6.04 Å². The maximum absolute atomic E-state index is 12.7. The Morgan fingerprint density at radius 2 is 1.51 bits per heavy atom. The van der Waals surface area contributed by atoms with Crippen LogP contribution >= 0.6 is 0 Å². The molecule has 4 N–H and O–H groups in total. The molecule has 0 aliphatic carbocycles. The molecule has 0 fully saturated rings. The van der Waals surface area contributed by atoms with Crippen LogP contribution in [0.4, 0.5) is 5.69 Å². The molecule has 0 aromatic heterocycles. The summed E-state index contributed by atoms with van der Waals surface area (Å²) in [7, 11) is 0. The van der Waals surface area contributed by atoms with Crippen molar-refractivity contribution in [2.45, 2.75) is 66.8 Å². The summed E-state index contributed by atoms with van der Waals surface area (Å²) < 4.78 is 16.3. The van der Waals surface area contributed by atoms with Crippen molar-refractivity contribution in [3.63, 3.8) is 0 Å². The Labute approximate surface area is 244 Å². The summed E-state index contributed by atoms with van der Waals surface area (Å²) in [6.45, 7) is 14.7. The first-order valence-electron chi connectivity index (χ1n) is 14.5. The third-order valence-electron chi connectivity index (χ3n) is 6.02. The van der Waals surface area contributed by atoms with Crippen molar-refractivity contribution in [2.24, 2.45) is 11.8 Å². The number of ether oxygens (including phenoxy) is 3. The van der Waals surface area contributed by atoms with Gasteiger partial charge < -0.3 is 35.5 Å². The lowest BCUT2D eigenvalue weighted by Crippen LogP contribution is -2.51. The third kappa shape index (κ3) is 16.1. The fraction of sp³-hybridized carbons (Fsp3) is 0.667. The van der Waals surface area contributed by atoms with E-state index >= 15 is 0 Å². The van der Waals surface area contributed by atoms with Gasteiger partial charge in [-0.05, 0) is 49.3 Å². The Bertz CT molecular complexity index is 953. The molecule has 1 unspecified atom stereocenters. The van der Waals surface area contributed by atoms with Gasteiger partial charge in [0.05, 0.1) is 33.0 Å². The van der Waals surface area contributed by atoms with E-state index in [0.29, 0.717) is 56.7 Å². The third-order valence-corrected chi connectivity index (χ3v) is 6.02. The Morgan fingerprint density at radius 3 is 2.17 bits per heavy atom. The van der Waals surface area contributed by atoms with Crippen LogP contribution in [-0.2, 0) is 28.6 Å². The second kappa shape index (κ2) is 20.8. The molecule has 41 heavy (non-hydrogen) atoms. The molecule has 0 saturated carbocycles. The fourth-order valence-corrected chi connectivity index (χ4v) is 3.59. The number of nitrogens with one attached hydrogen (secondary N) is 4. The number of carbonyl (C=O) groups is 4. The van der Waals surface area contributed by atoms with Crippen LogP contribution in [0.15, 0.2) is 18.2 Å². The highest BCUT2D eigenvalue weighted by Gasteiger charge is 2.24. The molecule has 1 aromatic rings. The molecule has 0 saturated heterocycles. The zero-order chi connectivity index (χ0) is 30.6. The summed E-state index contributed by atoms with van der Waals surface area (Å²) in [4.78, 5) is 50.1. The molecule has 1 rings (SSSR count). The molecule has 0 heterocycles. The Balaban J connectivity index is 2.48. The predicted octanol–water partition coefficient (Wildman–Crippen LogP) is 2.82. The quantitative estimate of drug-likeness (QED) is 0.164. The summed E-state index contributed by atoms with van der Waals surface area (Å²) in [5, 5.41) is 10.8. The van der Waals surface area contributed by atoms with Crippen LogP contribution in [0.2, 0.25) is 0 Å². The SMILES string of the molecule is CCCOCCC(=O)NC(C(=O)NCC(=O)Nc1ccc(C)c(C(=O)NCCOCCOCCC(C)C)c1)C(C)C. The van der Waals surface area contributed by atoms with E-state index in [1.54, 1.807) is 18.2 Å². The number of benzene rings is 1. The minimum Gasteiger partial charge on any atom is -0.381 e. The first kappa shape index (κ1) is 36.0. The molecule has 1 aromatic carbocycles. The summed E-state index contributed by atoms with van der Waals surface area (Å²) in [6.07, 6.45) is 2.03. The standard InChI is InChI=1S/C30H50N4O7/c1-7-13-39-15-11-26(35)34-28(22(4)5)30(38)32-20-27(36)33-24-9-8-23(6)25(19-24)29(37)31-12-16-41-18-17-40-14-10-21(2)3/h8-9,19,21-22,28H,7,10-18,20H2,1-6H3,(H,31,37)(H,32,38)(H,33,36)(H,34,35). The van der Waals surface area contributed by atoms with Gasteiger partial charge in [-0.1, -0.05) is 40.7 Å². The Kier molecular flexibility index (Phi) is 18.3. The molecule has 0 aliphatic heterocycles. The summed E-state index contributed by atoms with van der Waals surface area (Å²) in [6, 6.07) is 4.23. The molecule has 11 nitrogen and oxygen atoms in total. The molecule has 0 radical (unpaired) electrons. The predicted molar refractivity (Wildman–Crippen MR) is 159 cm³/mol. The van der Waals surface area contributed by atoms with Crippen molar-refractivity contribution in [3.8, 4) is 0 Å². The zero-order valence-electron chi connectivity index (χ0n) is 25.6. The second-order valence-electron chi connectivity index (χ2n) is 10.6. The van der Waals surface area contributed by atoms with E-state index in [-0.39, 0.29) is 37.3 Å². The van der Waals surface area contributed by atoms with Gasteiger partial charge in [0.15, 0.2) is 0 Å². The van der Waals surface area contributed by atoms with E-state index in [9.17, 15) is 19.2 Å². The normalized spacial score (nSPS) is 11.8. The van der Waals surface area contributed by atoms with Crippen LogP contribution in [0, 0.1) is 18.8 Å². The van der Waals surface area contributed by atoms with Gasteiger partial charge in [-0.3, -0.25) is 19.2 Å². The molecule has 4 amide bonds. The topological polar surface area (TPSA) is 144 Å². The largest absolute Gasteiger partial charge is 0.381 e. The highest BCUT2D eigenvalue weighted by Crippen LogP contribution is 2.15. The summed E-state index contributed by atoms with van der Waals surface area (Å²) in [5.41, 5.74) is 1.61. The van der Waals surface area contributed by atoms with Crippen molar-refractivity contribution >= 4 is 29.3 Å². The number of aryl methyl sites for hydroxylation is 1. The molecule has 232 valence electrons. The molecular weight excluding hydrogens is 528 g/mol. The van der Waals surface area contributed by atoms with Crippen LogP contribution < -0.4 is 21.3 Å². The first-order chi connectivity index (χ1) is 19.5. The minimum atomic E-state index is -0.780. The van der Waals surface area contributed by atoms with Gasteiger partial charge >= 0.3 is 0 Å². The van der Waals surface area contributed by atoms with Crippen LogP contribution in [0.25, 0.3) is 0 Å². The van der Waals surface area contributed by atoms with E-state index in [1.807, 2.05) is 27.7 Å². The van der Waals surface area contributed by atoms with Gasteiger partial charge in [0.25, 0.3) is 5.91 Å². The van der Waals surface area contributed by atoms with Crippen LogP contribution in [-0.4, -0.2) is 82.4 Å². The van der Waals surface area contributed by atoms with Crippen molar-refractivity contribution < 1.29 is 33.4 Å². The average Bonchev–Trinajstić information content (AvgIpc) is 2.92. The van der Waals surface area contributed by atoms with Gasteiger partial charge in [-0.2, -0.15) is 0 Å². The second-order valence-corrected chi connectivity index (χ2v) is 10.6. The van der Waals surface area contributed by atoms with Gasteiger partial charge in [0, 0.05) is 37.4 Å². The van der Waals surface area contributed by atoms with E-state index in [0.717, 1.165) is 18.4 Å². The molecule has 0 aliphatic rings. The first-order valence-corrected chi connectivity index (χ1v) is 14.5. The molecule has 0 bridgehead atoms. The number of amides is 4. The van der Waals surface area contributed by atoms with Crippen molar-refractivity contribution in [1.82, 2.24) is 16.0 Å². The molecule has 0 spiro atoms. The highest BCUT2D eigenvalue weighted by molar-refractivity contribution is 5.99. The monoisotopic (exact) mass is 578 g/mol. The Hall–Kier alpha value is -3.02. The Morgan fingerprint density at radius 1 is 0.829 bits per heavy atom. The maximum atomic E-state index is 12.7. The number of anilines is 1. The fourth-order valence-electron chi connectivity index (χ4n) is 3.59. The molecular formula is C30H50N4O7. The van der Waals surface area contributed by atoms with Crippen molar-refractivity contribution in [2.75, 3.05) is 58.0 Å². The van der Waals surface area contributed by atoms with E-state index < -0.39 is 17.9 Å². The number of carbonyl (C=O) groups excluding carboxylic acids is 4. The van der Waals surface area contributed by atoms with E-state index in [2.05, 4.69) is 35.1 Å².